The number of carboxylic acids is 1. The van der Waals surface area contributed by atoms with E-state index in [1.54, 1.807) is 30.3 Å². The quantitative estimate of drug-likeness (QED) is 0.226. The van der Waals surface area contributed by atoms with E-state index in [1.807, 2.05) is 6.92 Å². The number of nitrogens with one attached hydrogen (secondary N) is 2. The van der Waals surface area contributed by atoms with Crippen molar-refractivity contribution in [2.45, 2.75) is 58.5 Å². The van der Waals surface area contributed by atoms with Gasteiger partial charge in [0, 0.05) is 12.5 Å². The van der Waals surface area contributed by atoms with Gasteiger partial charge in [-0.15, -0.1) is 0 Å². The summed E-state index contributed by atoms with van der Waals surface area (Å²) < 4.78 is 0. The summed E-state index contributed by atoms with van der Waals surface area (Å²) in [5, 5.41) is 13.5. The Morgan fingerprint density at radius 3 is 2.14 bits per heavy atom. The summed E-state index contributed by atoms with van der Waals surface area (Å²) in [6, 6.07) is 9.77. The Morgan fingerprint density at radius 2 is 1.63 bits per heavy atom. The van der Waals surface area contributed by atoms with E-state index in [-0.39, 0.29) is 29.8 Å². The van der Waals surface area contributed by atoms with Crippen LogP contribution in [0, 0.1) is 12.8 Å². The maximum Gasteiger partial charge on any atom is 0.305 e. The number of hydrogen-bond donors (Lipinski definition) is 3. The molecule has 0 bridgehead atoms. The second kappa shape index (κ2) is 14.9. The van der Waals surface area contributed by atoms with Gasteiger partial charge in [0.25, 0.3) is 11.8 Å². The number of benzene rings is 2. The molecule has 0 spiro atoms. The van der Waals surface area contributed by atoms with Crippen LogP contribution in [0.3, 0.4) is 0 Å². The highest BCUT2D eigenvalue weighted by molar-refractivity contribution is 6.43. The predicted octanol–water partition coefficient (Wildman–Crippen LogP) is 2.03. The molecule has 0 aromatic heterocycles. The number of ketones is 1. The highest BCUT2D eigenvalue weighted by Crippen LogP contribution is 2.33. The van der Waals surface area contributed by atoms with Crippen molar-refractivity contribution >= 4 is 53.0 Å². The van der Waals surface area contributed by atoms with E-state index in [9.17, 15) is 33.6 Å². The molecule has 2 aliphatic rings. The van der Waals surface area contributed by atoms with Crippen molar-refractivity contribution in [1.29, 1.82) is 0 Å². The number of nitrogens with zero attached hydrogens (tertiary/aromatic N) is 2. The summed E-state index contributed by atoms with van der Waals surface area (Å²) in [7, 11) is 0. The third kappa shape index (κ3) is 8.81. The summed E-state index contributed by atoms with van der Waals surface area (Å²) in [6.07, 6.45) is 4.07. The summed E-state index contributed by atoms with van der Waals surface area (Å²) in [5.41, 5.74) is 1.44. The van der Waals surface area contributed by atoms with Crippen LogP contribution >= 0.6 is 0 Å². The number of carbonyl (C=O) groups is 7. The van der Waals surface area contributed by atoms with Gasteiger partial charge in [0.15, 0.2) is 0 Å². The van der Waals surface area contributed by atoms with Crippen LogP contribution in [-0.2, 0) is 28.8 Å². The molecule has 12 heteroatoms. The first-order chi connectivity index (χ1) is 20.4. The molecule has 0 radical (unpaired) electrons. The Labute approximate surface area is 249 Å². The fraction of sp³-hybridized carbons (Fsp3) is 0.387. The van der Waals surface area contributed by atoms with E-state index in [4.69, 9.17) is 5.11 Å². The molecular weight excluding hydrogens is 556 g/mol. The second-order valence-electron chi connectivity index (χ2n) is 10.7. The zero-order chi connectivity index (χ0) is 31.7. The smallest absolute Gasteiger partial charge is 0.305 e. The molecule has 1 fully saturated rings. The largest absolute Gasteiger partial charge is 0.481 e. The number of carbonyl (C=O) groups excluding carboxylic acids is 6. The molecule has 2 aromatic rings. The molecule has 1 aliphatic heterocycles. The molecule has 3 N–H and O–H groups in total. The lowest BCUT2D eigenvalue weighted by Crippen LogP contribution is -2.55. The summed E-state index contributed by atoms with van der Waals surface area (Å²) in [5.74, 6) is -4.30. The van der Waals surface area contributed by atoms with Crippen molar-refractivity contribution in [1.82, 2.24) is 10.6 Å². The average Bonchev–Trinajstić information content (AvgIpc) is 3.06. The number of hydrogen-bond acceptors (Lipinski definition) is 7. The van der Waals surface area contributed by atoms with Gasteiger partial charge >= 0.3 is 5.97 Å². The van der Waals surface area contributed by atoms with Gasteiger partial charge in [-0.05, 0) is 25.0 Å². The molecule has 2 unspecified atom stereocenters. The number of amides is 4. The van der Waals surface area contributed by atoms with Gasteiger partial charge in [-0.3, -0.25) is 33.7 Å². The number of rotatable bonds is 9. The lowest BCUT2D eigenvalue weighted by Gasteiger charge is -2.25. The molecular formula is C31H36N4O8. The van der Waals surface area contributed by atoms with Gasteiger partial charge in [0.1, 0.15) is 18.9 Å². The average molecular weight is 593 g/mol. The molecule has 4 rings (SSSR count). The maximum absolute atomic E-state index is 13.6. The van der Waals surface area contributed by atoms with Crippen LogP contribution in [0.15, 0.2) is 48.5 Å². The van der Waals surface area contributed by atoms with Gasteiger partial charge in [0.2, 0.25) is 17.6 Å². The Hall–Kier alpha value is -4.87. The first kappa shape index (κ1) is 32.6. The van der Waals surface area contributed by atoms with Crippen LogP contribution in [0.4, 0.5) is 11.4 Å². The Bertz CT molecular complexity index is 1390. The lowest BCUT2D eigenvalue weighted by atomic mass is 9.88. The van der Waals surface area contributed by atoms with Gasteiger partial charge < -0.3 is 25.4 Å². The van der Waals surface area contributed by atoms with Gasteiger partial charge in [0.05, 0.1) is 30.4 Å². The normalized spacial score (nSPS) is 16.7. The van der Waals surface area contributed by atoms with E-state index in [0.717, 1.165) is 16.4 Å². The van der Waals surface area contributed by atoms with Crippen molar-refractivity contribution in [2.75, 3.05) is 22.9 Å². The molecule has 12 nitrogen and oxygen atoms in total. The molecule has 43 heavy (non-hydrogen) atoms. The number of carboxylic acid groups (broad SMARTS) is 1. The minimum absolute atomic E-state index is 0.107. The first-order valence-electron chi connectivity index (χ1n) is 14.0. The van der Waals surface area contributed by atoms with Gasteiger partial charge in [-0.1, -0.05) is 68.1 Å². The lowest BCUT2D eigenvalue weighted by molar-refractivity contribution is -0.139. The van der Waals surface area contributed by atoms with Crippen molar-refractivity contribution < 1.29 is 38.7 Å². The predicted molar refractivity (Wildman–Crippen MR) is 158 cm³/mol. The molecule has 1 heterocycles. The molecule has 228 valence electrons. The number of aldehydes is 1. The van der Waals surface area contributed by atoms with Crippen LogP contribution in [0.2, 0.25) is 0 Å². The van der Waals surface area contributed by atoms with Crippen molar-refractivity contribution in [3.8, 4) is 0 Å². The highest BCUT2D eigenvalue weighted by Gasteiger charge is 2.38. The monoisotopic (exact) mass is 592 g/mol. The van der Waals surface area contributed by atoms with Crippen LogP contribution in [0.1, 0.15) is 55.5 Å². The SMILES string of the molecule is CC(=O)N1CC(NC(=O)C(=O)c2ccc(C)cc2)C(=O)N(CC(=O)NC(C=O)CC(=O)O)c2ccccc21.CC1CCC1. The number of anilines is 2. The van der Waals surface area contributed by atoms with Crippen molar-refractivity contribution in [2.24, 2.45) is 5.92 Å². The molecule has 2 atom stereocenters. The number of aryl methyl sites for hydroxylation is 1. The topological polar surface area (TPSA) is 170 Å². The van der Waals surface area contributed by atoms with Gasteiger partial charge in [-0.25, -0.2) is 0 Å². The second-order valence-corrected chi connectivity index (χ2v) is 10.7. The minimum Gasteiger partial charge on any atom is -0.481 e. The van der Waals surface area contributed by atoms with E-state index in [2.05, 4.69) is 17.6 Å². The Balaban J connectivity index is 0.000000915. The van der Waals surface area contributed by atoms with E-state index in [1.165, 1.54) is 49.3 Å². The fourth-order valence-corrected chi connectivity index (χ4v) is 4.54. The molecule has 0 saturated heterocycles. The summed E-state index contributed by atoms with van der Waals surface area (Å²) >= 11 is 0. The number of aliphatic carboxylic acids is 1. The summed E-state index contributed by atoms with van der Waals surface area (Å²) in [4.78, 5) is 88.7. The zero-order valence-electron chi connectivity index (χ0n) is 24.4. The molecule has 2 aromatic carbocycles. The van der Waals surface area contributed by atoms with E-state index in [0.29, 0.717) is 0 Å². The highest BCUT2D eigenvalue weighted by atomic mass is 16.4. The summed E-state index contributed by atoms with van der Waals surface area (Å²) in [6.45, 7) is 4.43. The minimum atomic E-state index is -1.40. The third-order valence-electron chi connectivity index (χ3n) is 7.20. The first-order valence-corrected chi connectivity index (χ1v) is 14.0. The number of para-hydroxylation sites is 2. The van der Waals surface area contributed by atoms with E-state index < -0.39 is 60.4 Å². The van der Waals surface area contributed by atoms with Crippen LogP contribution < -0.4 is 20.4 Å². The number of Topliss-reactive ketones (excluding diaryl/α,β-unsaturated/α-hetero) is 1. The molecule has 1 saturated carbocycles. The zero-order valence-corrected chi connectivity index (χ0v) is 24.4. The van der Waals surface area contributed by atoms with E-state index >= 15 is 0 Å². The Morgan fingerprint density at radius 1 is 1.02 bits per heavy atom. The van der Waals surface area contributed by atoms with Crippen LogP contribution in [0.25, 0.3) is 0 Å². The van der Waals surface area contributed by atoms with Crippen molar-refractivity contribution in [3.05, 3.63) is 59.7 Å². The fourth-order valence-electron chi connectivity index (χ4n) is 4.54. The van der Waals surface area contributed by atoms with Crippen LogP contribution in [-0.4, -0.2) is 71.9 Å². The number of fused-ring (bicyclic) bond motifs is 1. The maximum atomic E-state index is 13.6. The molecule has 1 aliphatic carbocycles. The van der Waals surface area contributed by atoms with Crippen LogP contribution in [0.5, 0.6) is 0 Å². The Kier molecular flexibility index (Phi) is 11.3. The van der Waals surface area contributed by atoms with Gasteiger partial charge in [-0.2, -0.15) is 0 Å². The standard InChI is InChI=1S/C26H26N4O8.C5H10/c1-15-7-9-17(10-8-15)24(36)25(37)28-19-12-29(16(2)32)20-5-3-4-6-21(20)30(26(19)38)13-22(33)27-18(14-31)11-23(34)35;1-5-3-2-4-5/h3-10,14,18-19H,11-13H2,1-2H3,(H,27,33)(H,28,37)(H,34,35);5H,2-4H2,1H3. The third-order valence-corrected chi connectivity index (χ3v) is 7.20. The van der Waals surface area contributed by atoms with Crippen molar-refractivity contribution in [3.63, 3.8) is 0 Å². The molecule has 4 amide bonds.